The highest BCUT2D eigenvalue weighted by atomic mass is 19.1. The number of rotatable bonds is 5. The SMILES string of the molecule is O=C(CCc1ccccc1)Nc1cc(F)c2nc(N3CCCC3)ccc2c1. The fourth-order valence-electron chi connectivity index (χ4n) is 3.50. The molecule has 0 radical (unpaired) electrons. The molecule has 1 aromatic heterocycles. The third-order valence-corrected chi connectivity index (χ3v) is 4.93. The number of pyridine rings is 1. The summed E-state index contributed by atoms with van der Waals surface area (Å²) in [5, 5.41) is 3.49. The molecule has 1 N–H and O–H groups in total. The van der Waals surface area contributed by atoms with Gasteiger partial charge >= 0.3 is 0 Å². The van der Waals surface area contributed by atoms with E-state index in [1.165, 1.54) is 6.07 Å². The van der Waals surface area contributed by atoms with Crippen molar-refractivity contribution < 1.29 is 9.18 Å². The minimum Gasteiger partial charge on any atom is -0.357 e. The van der Waals surface area contributed by atoms with E-state index in [0.717, 1.165) is 37.3 Å². The van der Waals surface area contributed by atoms with Crippen LogP contribution in [0.1, 0.15) is 24.8 Å². The van der Waals surface area contributed by atoms with Crippen LogP contribution in [0.2, 0.25) is 0 Å². The quantitative estimate of drug-likeness (QED) is 0.724. The number of aromatic nitrogens is 1. The van der Waals surface area contributed by atoms with Gasteiger partial charge in [0.2, 0.25) is 5.91 Å². The Balaban J connectivity index is 1.47. The van der Waals surface area contributed by atoms with Crippen molar-refractivity contribution in [1.29, 1.82) is 0 Å². The smallest absolute Gasteiger partial charge is 0.224 e. The van der Waals surface area contributed by atoms with Crippen LogP contribution in [0.15, 0.2) is 54.6 Å². The number of amides is 1. The number of nitrogens with one attached hydrogen (secondary N) is 1. The van der Waals surface area contributed by atoms with Gasteiger partial charge in [0.15, 0.2) is 5.82 Å². The monoisotopic (exact) mass is 363 g/mol. The number of carbonyl (C=O) groups is 1. The van der Waals surface area contributed by atoms with E-state index in [9.17, 15) is 9.18 Å². The van der Waals surface area contributed by atoms with E-state index >= 15 is 0 Å². The highest BCUT2D eigenvalue weighted by Gasteiger charge is 2.15. The molecule has 1 amide bonds. The van der Waals surface area contributed by atoms with Gasteiger partial charge in [-0.25, -0.2) is 9.37 Å². The van der Waals surface area contributed by atoms with Crippen molar-refractivity contribution in [2.24, 2.45) is 0 Å². The second-order valence-corrected chi connectivity index (χ2v) is 6.93. The van der Waals surface area contributed by atoms with Crippen LogP contribution in [0.4, 0.5) is 15.9 Å². The van der Waals surface area contributed by atoms with Crippen molar-refractivity contribution in [3.63, 3.8) is 0 Å². The van der Waals surface area contributed by atoms with E-state index in [-0.39, 0.29) is 5.91 Å². The zero-order valence-electron chi connectivity index (χ0n) is 15.1. The molecule has 1 aliphatic heterocycles. The summed E-state index contributed by atoms with van der Waals surface area (Å²) in [6.45, 7) is 1.94. The van der Waals surface area contributed by atoms with E-state index in [1.54, 1.807) is 6.07 Å². The summed E-state index contributed by atoms with van der Waals surface area (Å²) in [6, 6.07) is 16.8. The molecule has 0 saturated carbocycles. The number of hydrogen-bond acceptors (Lipinski definition) is 3. The third-order valence-electron chi connectivity index (χ3n) is 4.93. The van der Waals surface area contributed by atoms with Crippen LogP contribution in [-0.4, -0.2) is 24.0 Å². The van der Waals surface area contributed by atoms with Gasteiger partial charge in [-0.3, -0.25) is 4.79 Å². The summed E-state index contributed by atoms with van der Waals surface area (Å²) in [7, 11) is 0. The van der Waals surface area contributed by atoms with Gasteiger partial charge in [-0.15, -0.1) is 0 Å². The molecule has 1 aliphatic rings. The van der Waals surface area contributed by atoms with Crippen molar-refractivity contribution in [2.75, 3.05) is 23.3 Å². The van der Waals surface area contributed by atoms with Crippen molar-refractivity contribution in [2.45, 2.75) is 25.7 Å². The fraction of sp³-hybridized carbons (Fsp3) is 0.273. The van der Waals surface area contributed by atoms with Crippen LogP contribution in [0.5, 0.6) is 0 Å². The van der Waals surface area contributed by atoms with Gasteiger partial charge in [0.25, 0.3) is 0 Å². The van der Waals surface area contributed by atoms with E-state index in [0.29, 0.717) is 29.4 Å². The number of nitrogens with zero attached hydrogens (tertiary/aromatic N) is 2. The Labute approximate surface area is 158 Å². The predicted molar refractivity (Wildman–Crippen MR) is 107 cm³/mol. The Morgan fingerprint density at radius 3 is 2.63 bits per heavy atom. The lowest BCUT2D eigenvalue weighted by molar-refractivity contribution is -0.116. The van der Waals surface area contributed by atoms with Crippen molar-refractivity contribution >= 4 is 28.3 Å². The van der Waals surface area contributed by atoms with Crippen LogP contribution in [0.25, 0.3) is 10.9 Å². The van der Waals surface area contributed by atoms with Crippen LogP contribution >= 0.6 is 0 Å². The summed E-state index contributed by atoms with van der Waals surface area (Å²) in [5.41, 5.74) is 1.92. The molecule has 2 aromatic carbocycles. The standard InChI is InChI=1S/C22H22FN3O/c23-19-15-18(24-21(27)11-8-16-6-2-1-3-7-16)14-17-9-10-20(25-22(17)19)26-12-4-5-13-26/h1-3,6-7,9-10,14-15H,4-5,8,11-13H2,(H,24,27). The largest absolute Gasteiger partial charge is 0.357 e. The Bertz CT molecular complexity index is 952. The van der Waals surface area contributed by atoms with Gasteiger partial charge in [0.1, 0.15) is 11.3 Å². The topological polar surface area (TPSA) is 45.2 Å². The normalized spacial score (nSPS) is 13.9. The molecule has 3 aromatic rings. The fourth-order valence-corrected chi connectivity index (χ4v) is 3.50. The van der Waals surface area contributed by atoms with Gasteiger partial charge in [0.05, 0.1) is 0 Å². The molecular formula is C22H22FN3O. The molecule has 1 fully saturated rings. The van der Waals surface area contributed by atoms with Crippen molar-refractivity contribution in [3.8, 4) is 0 Å². The summed E-state index contributed by atoms with van der Waals surface area (Å²) in [5.74, 6) is 0.282. The summed E-state index contributed by atoms with van der Waals surface area (Å²) in [4.78, 5) is 18.9. The van der Waals surface area contributed by atoms with E-state index in [2.05, 4.69) is 15.2 Å². The van der Waals surface area contributed by atoms with Crippen molar-refractivity contribution in [3.05, 3.63) is 66.0 Å². The molecule has 0 atom stereocenters. The van der Waals surface area contributed by atoms with Gasteiger partial charge in [-0.2, -0.15) is 0 Å². The first-order valence-electron chi connectivity index (χ1n) is 9.38. The Kier molecular flexibility index (Phi) is 5.01. The predicted octanol–water partition coefficient (Wildman–Crippen LogP) is 4.55. The maximum Gasteiger partial charge on any atom is 0.224 e. The number of halogens is 1. The average molecular weight is 363 g/mol. The molecule has 2 heterocycles. The molecule has 0 unspecified atom stereocenters. The first-order valence-corrected chi connectivity index (χ1v) is 9.38. The first-order chi connectivity index (χ1) is 13.2. The minimum atomic E-state index is -0.410. The molecule has 0 spiro atoms. The number of hydrogen-bond donors (Lipinski definition) is 1. The van der Waals surface area contributed by atoms with E-state index in [1.807, 2.05) is 42.5 Å². The molecule has 4 nitrogen and oxygen atoms in total. The average Bonchev–Trinajstić information content (AvgIpc) is 3.22. The van der Waals surface area contributed by atoms with Crippen LogP contribution in [-0.2, 0) is 11.2 Å². The lowest BCUT2D eigenvalue weighted by atomic mass is 10.1. The molecule has 0 aliphatic carbocycles. The Morgan fingerprint density at radius 1 is 1.07 bits per heavy atom. The first kappa shape index (κ1) is 17.5. The zero-order chi connectivity index (χ0) is 18.6. The molecule has 1 saturated heterocycles. The lowest BCUT2D eigenvalue weighted by Gasteiger charge is -2.17. The molecule has 138 valence electrons. The number of aryl methyl sites for hydroxylation is 1. The van der Waals surface area contributed by atoms with E-state index in [4.69, 9.17) is 0 Å². The highest BCUT2D eigenvalue weighted by Crippen LogP contribution is 2.26. The molecule has 27 heavy (non-hydrogen) atoms. The minimum absolute atomic E-state index is 0.126. The maximum atomic E-state index is 14.6. The molecular weight excluding hydrogens is 341 g/mol. The molecule has 0 bridgehead atoms. The number of fused-ring (bicyclic) bond motifs is 1. The number of anilines is 2. The third kappa shape index (κ3) is 4.08. The Hall–Kier alpha value is -2.95. The lowest BCUT2D eigenvalue weighted by Crippen LogP contribution is -2.18. The molecule has 4 rings (SSSR count). The van der Waals surface area contributed by atoms with Gasteiger partial charge in [-0.1, -0.05) is 30.3 Å². The summed E-state index contributed by atoms with van der Waals surface area (Å²) >= 11 is 0. The zero-order valence-corrected chi connectivity index (χ0v) is 15.1. The van der Waals surface area contributed by atoms with Crippen LogP contribution < -0.4 is 10.2 Å². The Morgan fingerprint density at radius 2 is 1.85 bits per heavy atom. The van der Waals surface area contributed by atoms with Gasteiger partial charge < -0.3 is 10.2 Å². The van der Waals surface area contributed by atoms with Crippen molar-refractivity contribution in [1.82, 2.24) is 4.98 Å². The summed E-state index contributed by atoms with van der Waals surface area (Å²) < 4.78 is 14.6. The van der Waals surface area contributed by atoms with Gasteiger partial charge in [-0.05, 0) is 49.1 Å². The maximum absolute atomic E-state index is 14.6. The number of benzene rings is 2. The summed E-state index contributed by atoms with van der Waals surface area (Å²) in [6.07, 6.45) is 3.31. The van der Waals surface area contributed by atoms with E-state index < -0.39 is 5.82 Å². The molecule has 5 heteroatoms. The van der Waals surface area contributed by atoms with Crippen LogP contribution in [0.3, 0.4) is 0 Å². The second-order valence-electron chi connectivity index (χ2n) is 6.93. The van der Waals surface area contributed by atoms with Gasteiger partial charge in [0, 0.05) is 30.6 Å². The second kappa shape index (κ2) is 7.74. The number of carbonyl (C=O) groups excluding carboxylic acids is 1. The highest BCUT2D eigenvalue weighted by molar-refractivity contribution is 5.94. The van der Waals surface area contributed by atoms with Crippen LogP contribution in [0, 0.1) is 5.82 Å².